The molecule has 172 valence electrons. The summed E-state index contributed by atoms with van der Waals surface area (Å²) in [4.78, 5) is 13.0. The zero-order chi connectivity index (χ0) is 23.5. The molecule has 3 heterocycles. The Labute approximate surface area is 203 Å². The number of benzene rings is 2. The number of ether oxygens (including phenoxy) is 2. The largest absolute Gasteiger partial charge is 0.496 e. The lowest BCUT2D eigenvalue weighted by atomic mass is 9.95. The van der Waals surface area contributed by atoms with Crippen LogP contribution in [0.4, 0.5) is 5.95 Å². The van der Waals surface area contributed by atoms with Crippen molar-refractivity contribution in [3.8, 4) is 16.3 Å². The van der Waals surface area contributed by atoms with Crippen LogP contribution in [-0.4, -0.2) is 56.3 Å². The Bertz CT molecular complexity index is 1350. The first-order valence-electron chi connectivity index (χ1n) is 10.2. The second-order valence-corrected chi connectivity index (χ2v) is 9.33. The lowest BCUT2D eigenvalue weighted by molar-refractivity contribution is -0.136. The summed E-state index contributed by atoms with van der Waals surface area (Å²) in [7, 11) is 2.93. The van der Waals surface area contributed by atoms with Gasteiger partial charge in [-0.3, -0.25) is 0 Å². The van der Waals surface area contributed by atoms with Crippen LogP contribution in [-0.2, 0) is 9.53 Å². The van der Waals surface area contributed by atoms with E-state index in [2.05, 4.69) is 31.0 Å². The summed E-state index contributed by atoms with van der Waals surface area (Å²) in [6, 6.07) is 16.7. The Hall–Kier alpha value is -3.77. The molecule has 0 spiro atoms. The highest BCUT2D eigenvalue weighted by atomic mass is 32.2. The molecule has 0 saturated heterocycles. The molecule has 0 fully saturated rings. The van der Waals surface area contributed by atoms with Gasteiger partial charge in [0, 0.05) is 22.6 Å². The number of hydrogen-bond donors (Lipinski definition) is 1. The van der Waals surface area contributed by atoms with E-state index in [-0.39, 0.29) is 0 Å². The number of methoxy groups -OCH3 is 2. The van der Waals surface area contributed by atoms with Crippen LogP contribution in [0.2, 0.25) is 0 Å². The van der Waals surface area contributed by atoms with Crippen molar-refractivity contribution in [2.45, 2.75) is 10.4 Å². The number of nitrogens with zero attached hydrogens (tertiary/aromatic N) is 6. The number of esters is 1. The molecule has 1 unspecified atom stereocenters. The van der Waals surface area contributed by atoms with Crippen LogP contribution in [0.5, 0.6) is 5.75 Å². The topological polar surface area (TPSA) is 117 Å². The van der Waals surface area contributed by atoms with Gasteiger partial charge in [0.1, 0.15) is 16.8 Å². The van der Waals surface area contributed by atoms with Crippen LogP contribution in [0.25, 0.3) is 10.6 Å². The van der Waals surface area contributed by atoms with Crippen molar-refractivity contribution in [2.24, 2.45) is 0 Å². The van der Waals surface area contributed by atoms with Crippen LogP contribution in [0.1, 0.15) is 11.6 Å². The number of aromatic nitrogens is 6. The third kappa shape index (κ3) is 4.13. The number of rotatable bonds is 7. The SMILES string of the molecule is COC(=O)C1=C(CSc2nnc(-c3ccccc3)s2)Nc2nnnn2C1c1ccccc1OC. The number of carbonyl (C=O) groups is 1. The summed E-state index contributed by atoms with van der Waals surface area (Å²) < 4.78 is 13.0. The summed E-state index contributed by atoms with van der Waals surface area (Å²) in [5.74, 6) is 0.955. The van der Waals surface area contributed by atoms with Crippen LogP contribution in [0.15, 0.2) is 70.2 Å². The third-order valence-electron chi connectivity index (χ3n) is 5.20. The molecule has 0 saturated carbocycles. The van der Waals surface area contributed by atoms with E-state index < -0.39 is 12.0 Å². The summed E-state index contributed by atoms with van der Waals surface area (Å²) >= 11 is 2.96. The van der Waals surface area contributed by atoms with Gasteiger partial charge in [-0.25, -0.2) is 4.79 Å². The lowest BCUT2D eigenvalue weighted by Crippen LogP contribution is -2.31. The molecule has 0 aliphatic carbocycles. The Morgan fingerprint density at radius 1 is 1.09 bits per heavy atom. The molecule has 2 aromatic heterocycles. The Morgan fingerprint density at radius 3 is 2.68 bits per heavy atom. The van der Waals surface area contributed by atoms with Crippen molar-refractivity contribution < 1.29 is 14.3 Å². The number of nitrogens with one attached hydrogen (secondary N) is 1. The van der Waals surface area contributed by atoms with Crippen LogP contribution in [0, 0.1) is 0 Å². The van der Waals surface area contributed by atoms with E-state index in [9.17, 15) is 4.79 Å². The standard InChI is InChI=1S/C22H19N7O3S2/c1-31-16-11-7-6-10-14(16)18-17(20(30)32-2)15(23-21-25-27-28-29(18)21)12-33-22-26-24-19(34-22)13-8-4-3-5-9-13/h3-11,18H,12H2,1-2H3,(H,23,25,28). The molecule has 2 aromatic carbocycles. The zero-order valence-corrected chi connectivity index (χ0v) is 19.8. The molecule has 0 amide bonds. The molecule has 0 bridgehead atoms. The van der Waals surface area contributed by atoms with E-state index in [1.807, 2.05) is 54.6 Å². The quantitative estimate of drug-likeness (QED) is 0.303. The highest BCUT2D eigenvalue weighted by molar-refractivity contribution is 8.01. The number of thioether (sulfide) groups is 1. The maximum atomic E-state index is 13.0. The van der Waals surface area contributed by atoms with Crippen molar-refractivity contribution in [1.82, 2.24) is 30.4 Å². The van der Waals surface area contributed by atoms with Crippen molar-refractivity contribution in [1.29, 1.82) is 0 Å². The van der Waals surface area contributed by atoms with E-state index in [1.54, 1.807) is 11.8 Å². The minimum Gasteiger partial charge on any atom is -0.496 e. The van der Waals surface area contributed by atoms with E-state index in [4.69, 9.17) is 9.47 Å². The summed E-state index contributed by atoms with van der Waals surface area (Å²) in [6.07, 6.45) is 0. The maximum Gasteiger partial charge on any atom is 0.338 e. The number of para-hydroxylation sites is 1. The van der Waals surface area contributed by atoms with Crippen molar-refractivity contribution in [2.75, 3.05) is 25.3 Å². The van der Waals surface area contributed by atoms with Gasteiger partial charge in [-0.05, 0) is 16.5 Å². The van der Waals surface area contributed by atoms with Gasteiger partial charge >= 0.3 is 5.97 Å². The van der Waals surface area contributed by atoms with E-state index >= 15 is 0 Å². The molecule has 4 aromatic rings. The van der Waals surface area contributed by atoms with E-state index in [0.717, 1.165) is 20.5 Å². The van der Waals surface area contributed by atoms with Gasteiger partial charge in [0.25, 0.3) is 0 Å². The summed E-state index contributed by atoms with van der Waals surface area (Å²) in [6.45, 7) is 0. The Morgan fingerprint density at radius 2 is 1.88 bits per heavy atom. The van der Waals surface area contributed by atoms with Crippen LogP contribution in [0.3, 0.4) is 0 Å². The molecule has 5 rings (SSSR count). The second-order valence-electron chi connectivity index (χ2n) is 7.13. The Balaban J connectivity index is 1.51. The smallest absolute Gasteiger partial charge is 0.338 e. The number of anilines is 1. The third-order valence-corrected chi connectivity index (χ3v) is 7.34. The van der Waals surface area contributed by atoms with E-state index in [1.165, 1.54) is 30.2 Å². The molecule has 1 aliphatic rings. The number of hydrogen-bond acceptors (Lipinski definition) is 11. The minimum atomic E-state index is -0.625. The van der Waals surface area contributed by atoms with Crippen molar-refractivity contribution >= 4 is 35.0 Å². The highest BCUT2D eigenvalue weighted by Gasteiger charge is 2.37. The molecule has 34 heavy (non-hydrogen) atoms. The molecule has 0 radical (unpaired) electrons. The van der Waals surface area contributed by atoms with Gasteiger partial charge in [-0.1, -0.05) is 76.7 Å². The number of tetrazole rings is 1. The van der Waals surface area contributed by atoms with Gasteiger partial charge < -0.3 is 14.8 Å². The molecule has 1 N–H and O–H groups in total. The number of fused-ring (bicyclic) bond motifs is 1. The summed E-state index contributed by atoms with van der Waals surface area (Å²) in [5.41, 5.74) is 2.77. The van der Waals surface area contributed by atoms with Gasteiger partial charge in [0.05, 0.1) is 19.8 Å². The highest BCUT2D eigenvalue weighted by Crippen LogP contribution is 2.40. The van der Waals surface area contributed by atoms with Crippen LogP contribution < -0.4 is 10.1 Å². The van der Waals surface area contributed by atoms with E-state index in [0.29, 0.717) is 28.7 Å². The van der Waals surface area contributed by atoms with Crippen LogP contribution >= 0.6 is 23.1 Å². The molecule has 1 atom stereocenters. The minimum absolute atomic E-state index is 0.395. The average molecular weight is 494 g/mol. The first kappa shape index (κ1) is 22.0. The fourth-order valence-electron chi connectivity index (χ4n) is 3.68. The van der Waals surface area contributed by atoms with Gasteiger partial charge in [-0.2, -0.15) is 4.68 Å². The predicted octanol–water partition coefficient (Wildman–Crippen LogP) is 3.43. The molecular formula is C22H19N7O3S2. The molecule has 1 aliphatic heterocycles. The second kappa shape index (κ2) is 9.61. The Kier molecular flexibility index (Phi) is 6.23. The lowest BCUT2D eigenvalue weighted by Gasteiger charge is -2.29. The number of carbonyl (C=O) groups excluding carboxylic acids is 1. The average Bonchev–Trinajstić information content (AvgIpc) is 3.56. The summed E-state index contributed by atoms with van der Waals surface area (Å²) in [5, 5.41) is 24.6. The first-order chi connectivity index (χ1) is 16.7. The van der Waals surface area contributed by atoms with Crippen molar-refractivity contribution in [3.63, 3.8) is 0 Å². The normalized spacial score (nSPS) is 14.9. The van der Waals surface area contributed by atoms with Gasteiger partial charge in [-0.15, -0.1) is 10.2 Å². The monoisotopic (exact) mass is 493 g/mol. The van der Waals surface area contributed by atoms with Crippen molar-refractivity contribution in [3.05, 3.63) is 71.4 Å². The molecule has 12 heteroatoms. The zero-order valence-electron chi connectivity index (χ0n) is 18.2. The first-order valence-corrected chi connectivity index (χ1v) is 12.0. The van der Waals surface area contributed by atoms with Gasteiger partial charge in [0.2, 0.25) is 5.95 Å². The van der Waals surface area contributed by atoms with Gasteiger partial charge in [0.15, 0.2) is 4.34 Å². The predicted molar refractivity (Wildman–Crippen MR) is 128 cm³/mol. The molecule has 10 nitrogen and oxygen atoms in total. The maximum absolute atomic E-state index is 13.0. The fourth-order valence-corrected chi connectivity index (χ4v) is 5.50. The molecular weight excluding hydrogens is 474 g/mol. The fraction of sp³-hybridized carbons (Fsp3) is 0.182.